The maximum Gasteiger partial charge on any atom is 0.139 e. The van der Waals surface area contributed by atoms with Crippen LogP contribution >= 0.6 is 11.8 Å². The third-order valence-electron chi connectivity index (χ3n) is 2.54. The first-order valence-corrected chi connectivity index (χ1v) is 6.63. The number of rotatable bonds is 4. The van der Waals surface area contributed by atoms with Gasteiger partial charge in [-0.3, -0.25) is 0 Å². The summed E-state index contributed by atoms with van der Waals surface area (Å²) >= 11 is 1.19. The van der Waals surface area contributed by atoms with Crippen LogP contribution in [0.25, 0.3) is 0 Å². The zero-order valence-electron chi connectivity index (χ0n) is 10.00. The lowest BCUT2D eigenvalue weighted by Gasteiger charge is -2.06. The summed E-state index contributed by atoms with van der Waals surface area (Å²) < 4.78 is 39.5. The van der Waals surface area contributed by atoms with Crippen LogP contribution in [0, 0.1) is 17.5 Å². The van der Waals surface area contributed by atoms with Crippen LogP contribution in [0.4, 0.5) is 13.2 Å². The molecule has 0 amide bonds. The first-order chi connectivity index (χ1) is 9.08. The molecule has 100 valence electrons. The smallest absolute Gasteiger partial charge is 0.139 e. The van der Waals surface area contributed by atoms with E-state index in [-0.39, 0.29) is 12.4 Å². The summed E-state index contributed by atoms with van der Waals surface area (Å²) in [5.74, 6) is -1.19. The van der Waals surface area contributed by atoms with Gasteiger partial charge in [0.2, 0.25) is 0 Å². The van der Waals surface area contributed by atoms with Crippen molar-refractivity contribution < 1.29 is 13.2 Å². The molecule has 0 aliphatic heterocycles. The summed E-state index contributed by atoms with van der Waals surface area (Å²) in [5, 5.41) is 0. The maximum absolute atomic E-state index is 13.4. The molecule has 0 aromatic heterocycles. The molecule has 1 nitrogen and oxygen atoms in total. The third kappa shape index (κ3) is 3.75. The Kier molecular flexibility index (Phi) is 4.50. The molecule has 5 heteroatoms. The van der Waals surface area contributed by atoms with E-state index in [0.717, 1.165) is 6.07 Å². The molecule has 2 aromatic rings. The first kappa shape index (κ1) is 14.0. The molecule has 19 heavy (non-hydrogen) atoms. The Morgan fingerprint density at radius 3 is 2.32 bits per heavy atom. The number of thioether (sulfide) groups is 1. The summed E-state index contributed by atoms with van der Waals surface area (Å²) in [4.78, 5) is 0.333. The van der Waals surface area contributed by atoms with Gasteiger partial charge in [-0.15, -0.1) is 11.8 Å². The number of hydrogen-bond acceptors (Lipinski definition) is 2. The van der Waals surface area contributed by atoms with Crippen molar-refractivity contribution in [3.05, 3.63) is 65.0 Å². The van der Waals surface area contributed by atoms with Crippen LogP contribution in [-0.4, -0.2) is 0 Å². The standard InChI is InChI=1S/C14H12F3NS/c15-11-1-2-14(13(17)6-11)19-8-10-3-9(7-18)4-12(16)5-10/h1-6H,7-8,18H2. The zero-order chi connectivity index (χ0) is 13.8. The fraction of sp³-hybridized carbons (Fsp3) is 0.143. The molecule has 2 rings (SSSR count). The topological polar surface area (TPSA) is 26.0 Å². The lowest BCUT2D eigenvalue weighted by atomic mass is 10.1. The van der Waals surface area contributed by atoms with Crippen LogP contribution in [0.2, 0.25) is 0 Å². The molecular formula is C14H12F3NS. The largest absolute Gasteiger partial charge is 0.326 e. The summed E-state index contributed by atoms with van der Waals surface area (Å²) in [7, 11) is 0. The van der Waals surface area contributed by atoms with Crippen molar-refractivity contribution in [3.8, 4) is 0 Å². The molecule has 0 fully saturated rings. The Bertz CT molecular complexity index is 587. The van der Waals surface area contributed by atoms with Crippen LogP contribution in [-0.2, 0) is 12.3 Å². The van der Waals surface area contributed by atoms with Crippen molar-refractivity contribution in [2.45, 2.75) is 17.2 Å². The van der Waals surface area contributed by atoms with E-state index in [2.05, 4.69) is 0 Å². The molecular weight excluding hydrogens is 271 g/mol. The molecule has 0 bridgehead atoms. The highest BCUT2D eigenvalue weighted by Crippen LogP contribution is 2.26. The minimum Gasteiger partial charge on any atom is -0.326 e. The van der Waals surface area contributed by atoms with E-state index in [4.69, 9.17) is 5.73 Å². The van der Waals surface area contributed by atoms with E-state index in [0.29, 0.717) is 21.8 Å². The maximum atomic E-state index is 13.4. The molecule has 0 spiro atoms. The van der Waals surface area contributed by atoms with Gasteiger partial charge in [0, 0.05) is 23.3 Å². The first-order valence-electron chi connectivity index (χ1n) is 5.65. The quantitative estimate of drug-likeness (QED) is 0.862. The van der Waals surface area contributed by atoms with Crippen LogP contribution in [0.3, 0.4) is 0 Å². The molecule has 0 aliphatic carbocycles. The summed E-state index contributed by atoms with van der Waals surface area (Å²) in [5.41, 5.74) is 6.87. The minimum absolute atomic E-state index is 0.250. The normalized spacial score (nSPS) is 10.7. The highest BCUT2D eigenvalue weighted by atomic mass is 32.2. The SMILES string of the molecule is NCc1cc(F)cc(CSc2ccc(F)cc2F)c1. The molecule has 0 unspecified atom stereocenters. The number of halogens is 3. The second-order valence-electron chi connectivity index (χ2n) is 4.04. The molecule has 0 atom stereocenters. The van der Waals surface area contributed by atoms with Gasteiger partial charge in [0.05, 0.1) is 0 Å². The van der Waals surface area contributed by atoms with Crippen LogP contribution < -0.4 is 5.73 Å². The zero-order valence-corrected chi connectivity index (χ0v) is 10.8. The van der Waals surface area contributed by atoms with Gasteiger partial charge in [-0.25, -0.2) is 13.2 Å². The second-order valence-corrected chi connectivity index (χ2v) is 5.05. The van der Waals surface area contributed by atoms with Crippen molar-refractivity contribution in [2.75, 3.05) is 0 Å². The van der Waals surface area contributed by atoms with E-state index in [9.17, 15) is 13.2 Å². The minimum atomic E-state index is -0.613. The fourth-order valence-electron chi connectivity index (χ4n) is 1.67. The van der Waals surface area contributed by atoms with Gasteiger partial charge < -0.3 is 5.73 Å². The molecule has 0 heterocycles. The highest BCUT2D eigenvalue weighted by molar-refractivity contribution is 7.98. The van der Waals surface area contributed by atoms with E-state index in [1.54, 1.807) is 6.07 Å². The van der Waals surface area contributed by atoms with Gasteiger partial charge in [0.1, 0.15) is 17.5 Å². The Balaban J connectivity index is 2.12. The molecule has 2 aromatic carbocycles. The van der Waals surface area contributed by atoms with E-state index >= 15 is 0 Å². The monoisotopic (exact) mass is 283 g/mol. The highest BCUT2D eigenvalue weighted by Gasteiger charge is 2.06. The van der Waals surface area contributed by atoms with E-state index in [1.165, 1.54) is 36.0 Å². The predicted molar refractivity (Wildman–Crippen MR) is 70.2 cm³/mol. The van der Waals surface area contributed by atoms with Crippen LogP contribution in [0.1, 0.15) is 11.1 Å². The Labute approximate surface area is 113 Å². The van der Waals surface area contributed by atoms with Gasteiger partial charge in [-0.2, -0.15) is 0 Å². The third-order valence-corrected chi connectivity index (χ3v) is 3.66. The van der Waals surface area contributed by atoms with Gasteiger partial charge in [0.15, 0.2) is 0 Å². The van der Waals surface area contributed by atoms with Crippen LogP contribution in [0.15, 0.2) is 41.3 Å². The van der Waals surface area contributed by atoms with Crippen molar-refractivity contribution >= 4 is 11.8 Å². The number of nitrogens with two attached hydrogens (primary N) is 1. The number of benzene rings is 2. The van der Waals surface area contributed by atoms with Gasteiger partial charge in [-0.1, -0.05) is 6.07 Å². The molecule has 0 saturated carbocycles. The summed E-state index contributed by atoms with van der Waals surface area (Å²) in [6, 6.07) is 7.93. The molecule has 2 N–H and O–H groups in total. The summed E-state index contributed by atoms with van der Waals surface area (Å²) in [6.45, 7) is 0.250. The van der Waals surface area contributed by atoms with E-state index < -0.39 is 11.6 Å². The van der Waals surface area contributed by atoms with Crippen molar-refractivity contribution in [1.29, 1.82) is 0 Å². The Morgan fingerprint density at radius 2 is 1.63 bits per heavy atom. The average molecular weight is 283 g/mol. The van der Waals surface area contributed by atoms with Crippen molar-refractivity contribution in [2.24, 2.45) is 5.73 Å². The Hall–Kier alpha value is -1.46. The molecule has 0 saturated heterocycles. The van der Waals surface area contributed by atoms with Gasteiger partial charge in [0.25, 0.3) is 0 Å². The number of hydrogen-bond donors (Lipinski definition) is 1. The van der Waals surface area contributed by atoms with Crippen molar-refractivity contribution in [3.63, 3.8) is 0 Å². The van der Waals surface area contributed by atoms with E-state index in [1.807, 2.05) is 0 Å². The molecule has 0 radical (unpaired) electrons. The molecule has 0 aliphatic rings. The van der Waals surface area contributed by atoms with Gasteiger partial charge in [-0.05, 0) is 35.4 Å². The van der Waals surface area contributed by atoms with Gasteiger partial charge >= 0.3 is 0 Å². The lowest BCUT2D eigenvalue weighted by molar-refractivity contribution is 0.565. The summed E-state index contributed by atoms with van der Waals surface area (Å²) in [6.07, 6.45) is 0. The lowest BCUT2D eigenvalue weighted by Crippen LogP contribution is -1.98. The fourth-order valence-corrected chi connectivity index (χ4v) is 2.52. The second kappa shape index (κ2) is 6.12. The average Bonchev–Trinajstić information content (AvgIpc) is 2.37. The Morgan fingerprint density at radius 1 is 0.895 bits per heavy atom. The van der Waals surface area contributed by atoms with Crippen LogP contribution in [0.5, 0.6) is 0 Å². The predicted octanol–water partition coefficient (Wildman–Crippen LogP) is 3.85. The van der Waals surface area contributed by atoms with Crippen molar-refractivity contribution in [1.82, 2.24) is 0 Å².